The summed E-state index contributed by atoms with van der Waals surface area (Å²) in [5, 5.41) is 0.682. The molecule has 4 rings (SSSR count). The van der Waals surface area contributed by atoms with Crippen LogP contribution in [0.5, 0.6) is 5.75 Å². The van der Waals surface area contributed by atoms with Crippen LogP contribution in [0.2, 0.25) is 0 Å². The van der Waals surface area contributed by atoms with Gasteiger partial charge in [0, 0.05) is 13.0 Å². The summed E-state index contributed by atoms with van der Waals surface area (Å²) in [6, 6.07) is 9.17. The number of aromatic nitrogens is 1. The molecule has 7 nitrogen and oxygen atoms in total. The van der Waals surface area contributed by atoms with Crippen LogP contribution in [0.3, 0.4) is 0 Å². The van der Waals surface area contributed by atoms with Crippen molar-refractivity contribution in [1.29, 1.82) is 0 Å². The number of nitrogens with zero attached hydrogens (tertiary/aromatic N) is 2. The summed E-state index contributed by atoms with van der Waals surface area (Å²) in [5.41, 5.74) is 0.858. The van der Waals surface area contributed by atoms with E-state index in [0.29, 0.717) is 17.4 Å². The van der Waals surface area contributed by atoms with Gasteiger partial charge in [0.05, 0.1) is 43.3 Å². The van der Waals surface area contributed by atoms with Crippen molar-refractivity contribution in [3.8, 4) is 5.75 Å². The molecule has 1 fully saturated rings. The number of morpholine rings is 1. The van der Waals surface area contributed by atoms with Gasteiger partial charge in [-0.15, -0.1) is 0 Å². The number of carbonyl (C=O) groups is 1. The summed E-state index contributed by atoms with van der Waals surface area (Å²) in [7, 11) is 1.64. The third kappa shape index (κ3) is 4.19. The second-order valence-electron chi connectivity index (χ2n) is 6.73. The van der Waals surface area contributed by atoms with Gasteiger partial charge in [0.2, 0.25) is 0 Å². The fraction of sp³-hybridized carbons (Fsp3) is 0.400. The lowest BCUT2D eigenvalue weighted by Crippen LogP contribution is -3.14. The van der Waals surface area contributed by atoms with Crippen LogP contribution in [-0.2, 0) is 4.74 Å². The van der Waals surface area contributed by atoms with Gasteiger partial charge in [-0.3, -0.25) is 9.69 Å². The molecule has 3 heterocycles. The number of hydrogen-bond donors (Lipinski definition) is 1. The minimum atomic E-state index is -0.159. The molecule has 148 valence electrons. The number of nitrogens with one attached hydrogen (secondary N) is 1. The van der Waals surface area contributed by atoms with E-state index >= 15 is 0 Å². The normalized spacial score (nSPS) is 15.0. The lowest BCUT2D eigenvalue weighted by molar-refractivity contribution is -0.908. The Hall–Kier alpha value is -2.42. The number of amides is 1. The minimum Gasteiger partial charge on any atom is -0.497 e. The molecule has 1 amide bonds. The maximum Gasteiger partial charge on any atom is 0.295 e. The van der Waals surface area contributed by atoms with Crippen LogP contribution in [0, 0.1) is 0 Å². The van der Waals surface area contributed by atoms with Crippen LogP contribution >= 0.6 is 11.3 Å². The molecule has 2 aromatic heterocycles. The Morgan fingerprint density at radius 2 is 2.18 bits per heavy atom. The average Bonchev–Trinajstić information content (AvgIpc) is 3.40. The molecule has 0 spiro atoms. The van der Waals surface area contributed by atoms with Crippen molar-refractivity contribution >= 4 is 32.6 Å². The largest absolute Gasteiger partial charge is 0.497 e. The lowest BCUT2D eigenvalue weighted by atomic mass is 10.3. The highest BCUT2D eigenvalue weighted by Gasteiger charge is 2.24. The van der Waals surface area contributed by atoms with Gasteiger partial charge >= 0.3 is 0 Å². The average molecular weight is 402 g/mol. The van der Waals surface area contributed by atoms with E-state index in [0.717, 1.165) is 55.2 Å². The Labute approximate surface area is 167 Å². The van der Waals surface area contributed by atoms with E-state index in [-0.39, 0.29) is 5.91 Å². The monoisotopic (exact) mass is 402 g/mol. The number of rotatable bonds is 7. The maximum absolute atomic E-state index is 13.0. The van der Waals surface area contributed by atoms with Gasteiger partial charge in [0.1, 0.15) is 18.8 Å². The summed E-state index contributed by atoms with van der Waals surface area (Å²) >= 11 is 1.49. The standard InChI is InChI=1S/C20H23N3O4S/c1-25-15-5-6-16-18(14-15)28-20(21-16)23(19(24)17-4-2-11-27-17)8-3-7-22-9-12-26-13-10-22/h2,4-6,11,14H,3,7-10,12-13H2,1H3/p+1. The van der Waals surface area contributed by atoms with Crippen molar-refractivity contribution in [2.75, 3.05) is 51.4 Å². The van der Waals surface area contributed by atoms with Gasteiger partial charge in [-0.1, -0.05) is 11.3 Å². The molecule has 0 bridgehead atoms. The van der Waals surface area contributed by atoms with Crippen LogP contribution in [0.4, 0.5) is 5.13 Å². The molecule has 1 aliphatic rings. The molecule has 28 heavy (non-hydrogen) atoms. The first-order valence-corrected chi connectivity index (χ1v) is 10.3. The Morgan fingerprint density at radius 3 is 2.93 bits per heavy atom. The zero-order valence-electron chi connectivity index (χ0n) is 15.8. The first kappa shape index (κ1) is 18.9. The van der Waals surface area contributed by atoms with Crippen molar-refractivity contribution in [1.82, 2.24) is 4.98 Å². The van der Waals surface area contributed by atoms with E-state index in [9.17, 15) is 4.79 Å². The number of quaternary nitrogens is 1. The number of thiazole rings is 1. The molecule has 8 heteroatoms. The van der Waals surface area contributed by atoms with E-state index in [1.807, 2.05) is 18.2 Å². The van der Waals surface area contributed by atoms with Gasteiger partial charge in [-0.05, 0) is 30.3 Å². The molecule has 1 aliphatic heterocycles. The minimum absolute atomic E-state index is 0.159. The van der Waals surface area contributed by atoms with Crippen molar-refractivity contribution in [2.45, 2.75) is 6.42 Å². The Bertz CT molecular complexity index is 919. The molecule has 0 radical (unpaired) electrons. The number of benzene rings is 1. The molecule has 3 aromatic rings. The van der Waals surface area contributed by atoms with Crippen LogP contribution in [0.1, 0.15) is 17.0 Å². The van der Waals surface area contributed by atoms with Gasteiger partial charge in [-0.25, -0.2) is 4.98 Å². The molecule has 1 saturated heterocycles. The molecular weight excluding hydrogens is 378 g/mol. The third-order valence-corrected chi connectivity index (χ3v) is 5.95. The van der Waals surface area contributed by atoms with Crippen molar-refractivity contribution in [3.05, 3.63) is 42.4 Å². The number of anilines is 1. The molecule has 0 atom stereocenters. The Morgan fingerprint density at radius 1 is 1.32 bits per heavy atom. The molecule has 0 saturated carbocycles. The molecular formula is C20H24N3O4S+. The van der Waals surface area contributed by atoms with E-state index in [1.54, 1.807) is 24.1 Å². The predicted octanol–water partition coefficient (Wildman–Crippen LogP) is 1.85. The van der Waals surface area contributed by atoms with Crippen molar-refractivity contribution in [2.24, 2.45) is 0 Å². The van der Waals surface area contributed by atoms with E-state index in [1.165, 1.54) is 22.5 Å². The van der Waals surface area contributed by atoms with E-state index in [2.05, 4.69) is 4.98 Å². The molecule has 1 aromatic carbocycles. The Balaban J connectivity index is 1.54. The summed E-state index contributed by atoms with van der Waals surface area (Å²) in [4.78, 5) is 21.0. The van der Waals surface area contributed by atoms with Crippen LogP contribution in [-0.4, -0.2) is 57.4 Å². The highest BCUT2D eigenvalue weighted by Crippen LogP contribution is 2.32. The fourth-order valence-electron chi connectivity index (χ4n) is 3.35. The number of methoxy groups -OCH3 is 1. The highest BCUT2D eigenvalue weighted by molar-refractivity contribution is 7.22. The fourth-order valence-corrected chi connectivity index (χ4v) is 4.37. The zero-order chi connectivity index (χ0) is 19.3. The SMILES string of the molecule is COc1ccc2nc(N(CCC[NH+]3CCOCC3)C(=O)c3ccco3)sc2c1. The number of fused-ring (bicyclic) bond motifs is 1. The van der Waals surface area contributed by atoms with Crippen LogP contribution in [0.25, 0.3) is 10.2 Å². The second-order valence-corrected chi connectivity index (χ2v) is 7.74. The quantitative estimate of drug-likeness (QED) is 0.653. The first-order valence-electron chi connectivity index (χ1n) is 9.46. The van der Waals surface area contributed by atoms with E-state index < -0.39 is 0 Å². The summed E-state index contributed by atoms with van der Waals surface area (Å²) in [6.07, 6.45) is 2.41. The third-order valence-electron chi connectivity index (χ3n) is 4.90. The van der Waals surface area contributed by atoms with Crippen molar-refractivity contribution < 1.29 is 23.6 Å². The van der Waals surface area contributed by atoms with Crippen molar-refractivity contribution in [3.63, 3.8) is 0 Å². The zero-order valence-corrected chi connectivity index (χ0v) is 16.7. The van der Waals surface area contributed by atoms with Crippen LogP contribution in [0.15, 0.2) is 41.0 Å². The van der Waals surface area contributed by atoms with E-state index in [4.69, 9.17) is 13.9 Å². The smallest absolute Gasteiger partial charge is 0.295 e. The summed E-state index contributed by atoms with van der Waals surface area (Å²) < 4.78 is 17.1. The predicted molar refractivity (Wildman–Crippen MR) is 108 cm³/mol. The second kappa shape index (κ2) is 8.72. The Kier molecular flexibility index (Phi) is 5.90. The topological polar surface area (TPSA) is 69.2 Å². The number of furan rings is 1. The lowest BCUT2D eigenvalue weighted by Gasteiger charge is -2.25. The maximum atomic E-state index is 13.0. The summed E-state index contributed by atoms with van der Waals surface area (Å²) in [6.45, 7) is 5.26. The molecule has 0 unspecified atom stereocenters. The first-order chi connectivity index (χ1) is 13.7. The number of carbonyl (C=O) groups excluding carboxylic acids is 1. The van der Waals surface area contributed by atoms with Gasteiger partial charge < -0.3 is 18.8 Å². The van der Waals surface area contributed by atoms with Gasteiger partial charge in [-0.2, -0.15) is 0 Å². The van der Waals surface area contributed by atoms with Gasteiger partial charge in [0.15, 0.2) is 10.9 Å². The van der Waals surface area contributed by atoms with Gasteiger partial charge in [0.25, 0.3) is 5.91 Å². The molecule has 1 N–H and O–H groups in total. The number of ether oxygens (including phenoxy) is 2. The number of hydrogen-bond acceptors (Lipinski definition) is 6. The highest BCUT2D eigenvalue weighted by atomic mass is 32.1. The molecule has 0 aliphatic carbocycles. The summed E-state index contributed by atoms with van der Waals surface area (Å²) in [5.74, 6) is 0.950. The van der Waals surface area contributed by atoms with Crippen LogP contribution < -0.4 is 14.5 Å².